The van der Waals surface area contributed by atoms with E-state index in [0.29, 0.717) is 33.3 Å². The summed E-state index contributed by atoms with van der Waals surface area (Å²) in [6, 6.07) is 10.1. The number of aromatic nitrogens is 5. The molecule has 0 aliphatic heterocycles. The monoisotopic (exact) mass is 409 g/mol. The zero-order valence-electron chi connectivity index (χ0n) is 16.0. The number of halogens is 1. The van der Waals surface area contributed by atoms with Crippen LogP contribution in [-0.2, 0) is 6.67 Å². The summed E-state index contributed by atoms with van der Waals surface area (Å²) in [7, 11) is 0. The number of nitrogens with one attached hydrogen (secondary N) is 2. The van der Waals surface area contributed by atoms with Gasteiger partial charge in [0.25, 0.3) is 11.1 Å². The Balaban J connectivity index is 1.81. The second-order valence-electron chi connectivity index (χ2n) is 6.67. The van der Waals surface area contributed by atoms with Crippen molar-refractivity contribution in [3.05, 3.63) is 84.4 Å². The molecule has 4 rings (SSSR count). The molecule has 0 saturated heterocycles. The molecule has 0 bridgehead atoms. The van der Waals surface area contributed by atoms with Crippen LogP contribution in [-0.4, -0.2) is 25.0 Å². The van der Waals surface area contributed by atoms with Crippen LogP contribution in [0.5, 0.6) is 11.6 Å². The molecular formula is C20H16FN5O4. The maximum Gasteiger partial charge on any atom is 0.349 e. The first-order valence-corrected chi connectivity index (χ1v) is 8.94. The van der Waals surface area contributed by atoms with Gasteiger partial charge < -0.3 is 4.74 Å². The lowest BCUT2D eigenvalue weighted by Crippen LogP contribution is -2.33. The Kier molecular flexibility index (Phi) is 4.74. The number of H-pyrrole nitrogens is 2. The third-order valence-corrected chi connectivity index (χ3v) is 4.57. The van der Waals surface area contributed by atoms with Crippen molar-refractivity contribution in [1.29, 1.82) is 0 Å². The molecule has 0 spiro atoms. The van der Waals surface area contributed by atoms with Crippen molar-refractivity contribution in [3.8, 4) is 17.3 Å². The number of rotatable bonds is 4. The summed E-state index contributed by atoms with van der Waals surface area (Å²) in [6.45, 7) is 2.42. The van der Waals surface area contributed by atoms with Crippen molar-refractivity contribution >= 4 is 10.8 Å². The molecular weight excluding hydrogens is 393 g/mol. The van der Waals surface area contributed by atoms with Crippen LogP contribution < -0.4 is 21.5 Å². The lowest BCUT2D eigenvalue weighted by Gasteiger charge is -2.14. The topological polar surface area (TPSA) is 123 Å². The Morgan fingerprint density at radius 1 is 1.03 bits per heavy atom. The van der Waals surface area contributed by atoms with Gasteiger partial charge >= 0.3 is 5.69 Å². The molecule has 9 nitrogen and oxygen atoms in total. The number of aromatic amines is 2. The molecule has 2 aromatic heterocycles. The van der Waals surface area contributed by atoms with Gasteiger partial charge in [0, 0.05) is 0 Å². The number of hydrogen-bond donors (Lipinski definition) is 2. The highest BCUT2D eigenvalue weighted by Crippen LogP contribution is 2.32. The van der Waals surface area contributed by atoms with Gasteiger partial charge in [0.2, 0.25) is 5.88 Å². The quantitative estimate of drug-likeness (QED) is 0.532. The number of nitrogens with zero attached hydrogens (tertiary/aromatic N) is 3. The lowest BCUT2D eigenvalue weighted by atomic mass is 10.1. The summed E-state index contributed by atoms with van der Waals surface area (Å²) in [6.07, 6.45) is 0. The number of hydrogen-bond acceptors (Lipinski definition) is 6. The van der Waals surface area contributed by atoms with Gasteiger partial charge in [-0.3, -0.25) is 14.6 Å². The second-order valence-corrected chi connectivity index (χ2v) is 6.67. The van der Waals surface area contributed by atoms with Gasteiger partial charge in [-0.2, -0.15) is 9.78 Å². The van der Waals surface area contributed by atoms with Crippen molar-refractivity contribution in [1.82, 2.24) is 25.0 Å². The number of fused-ring (bicyclic) bond motifs is 1. The summed E-state index contributed by atoms with van der Waals surface area (Å²) in [4.78, 5) is 37.7. The summed E-state index contributed by atoms with van der Waals surface area (Å²) in [5.41, 5.74) is -0.732. The summed E-state index contributed by atoms with van der Waals surface area (Å²) in [5.74, 6) is 0.704. The van der Waals surface area contributed by atoms with E-state index < -0.39 is 23.6 Å². The van der Waals surface area contributed by atoms with Crippen LogP contribution in [0.2, 0.25) is 0 Å². The lowest BCUT2D eigenvalue weighted by molar-refractivity contribution is 0.453. The molecule has 0 aliphatic rings. The van der Waals surface area contributed by atoms with Crippen molar-refractivity contribution in [2.45, 2.75) is 20.5 Å². The summed E-state index contributed by atoms with van der Waals surface area (Å²) < 4.78 is 19.9. The molecule has 0 unspecified atom stereocenters. The fourth-order valence-electron chi connectivity index (χ4n) is 3.17. The van der Waals surface area contributed by atoms with Crippen molar-refractivity contribution < 1.29 is 9.13 Å². The molecule has 0 saturated carbocycles. The van der Waals surface area contributed by atoms with Crippen LogP contribution >= 0.6 is 0 Å². The average molecular weight is 409 g/mol. The van der Waals surface area contributed by atoms with E-state index in [1.165, 1.54) is 0 Å². The maximum atomic E-state index is 13.0. The smallest absolute Gasteiger partial charge is 0.349 e. The molecule has 152 valence electrons. The predicted molar refractivity (Wildman–Crippen MR) is 107 cm³/mol. The second kappa shape index (κ2) is 7.39. The Hall–Kier alpha value is -4.08. The predicted octanol–water partition coefficient (Wildman–Crippen LogP) is 2.04. The minimum atomic E-state index is -1.10. The largest absolute Gasteiger partial charge is 0.437 e. The van der Waals surface area contributed by atoms with Gasteiger partial charge in [-0.1, -0.05) is 12.1 Å². The van der Waals surface area contributed by atoms with Crippen LogP contribution in [0, 0.1) is 13.8 Å². The number of alkyl halides is 1. The van der Waals surface area contributed by atoms with E-state index >= 15 is 0 Å². The molecule has 0 amide bonds. The van der Waals surface area contributed by atoms with Gasteiger partial charge in [-0.05, 0) is 49.2 Å². The average Bonchev–Trinajstić information content (AvgIpc) is 2.72. The normalized spacial score (nSPS) is 11.0. The van der Waals surface area contributed by atoms with Crippen molar-refractivity contribution in [2.24, 2.45) is 0 Å². The first kappa shape index (κ1) is 19.2. The van der Waals surface area contributed by atoms with Crippen LogP contribution in [0.25, 0.3) is 16.5 Å². The molecule has 0 fully saturated rings. The van der Waals surface area contributed by atoms with Gasteiger partial charge in [-0.25, -0.2) is 14.3 Å². The van der Waals surface area contributed by atoms with Crippen LogP contribution in [0.4, 0.5) is 4.39 Å². The minimum absolute atomic E-state index is 0.225. The molecule has 4 aromatic rings. The molecule has 2 N–H and O–H groups in total. The first-order valence-electron chi connectivity index (χ1n) is 8.94. The van der Waals surface area contributed by atoms with Crippen molar-refractivity contribution in [2.75, 3.05) is 0 Å². The maximum absolute atomic E-state index is 13.0. The van der Waals surface area contributed by atoms with E-state index in [1.54, 1.807) is 50.2 Å². The van der Waals surface area contributed by atoms with Gasteiger partial charge in [-0.15, -0.1) is 5.10 Å². The van der Waals surface area contributed by atoms with E-state index in [1.807, 2.05) is 4.98 Å². The third kappa shape index (κ3) is 3.28. The fraction of sp³-hybridized carbons (Fsp3) is 0.150. The van der Waals surface area contributed by atoms with E-state index in [2.05, 4.69) is 15.3 Å². The minimum Gasteiger partial charge on any atom is -0.437 e. The standard InChI is InChI=1S/C20H16FN5O4/c1-10-7-12(26-20(29)22-18(28)15(9-21)25-26)8-11(2)16(10)30-19-14-6-4-3-5-13(14)17(27)23-24-19/h3-8H,9H2,1-2H3,(H,23,27)(H,22,28,29). The van der Waals surface area contributed by atoms with Crippen LogP contribution in [0.1, 0.15) is 16.8 Å². The van der Waals surface area contributed by atoms with Crippen LogP contribution in [0.15, 0.2) is 50.8 Å². The Bertz CT molecular complexity index is 1430. The van der Waals surface area contributed by atoms with E-state index in [9.17, 15) is 18.8 Å². The molecule has 10 heteroatoms. The van der Waals surface area contributed by atoms with Gasteiger partial charge in [0.1, 0.15) is 12.4 Å². The van der Waals surface area contributed by atoms with Crippen molar-refractivity contribution in [3.63, 3.8) is 0 Å². The molecule has 0 aliphatic carbocycles. The van der Waals surface area contributed by atoms with E-state index in [4.69, 9.17) is 4.74 Å². The highest BCUT2D eigenvalue weighted by Gasteiger charge is 2.15. The van der Waals surface area contributed by atoms with E-state index in [-0.39, 0.29) is 11.4 Å². The zero-order chi connectivity index (χ0) is 21.4. The first-order chi connectivity index (χ1) is 14.4. The Morgan fingerprint density at radius 2 is 1.70 bits per heavy atom. The molecule has 0 atom stereocenters. The highest BCUT2D eigenvalue weighted by atomic mass is 19.1. The zero-order valence-corrected chi connectivity index (χ0v) is 16.0. The van der Waals surface area contributed by atoms with Gasteiger partial charge in [0.05, 0.1) is 16.5 Å². The molecule has 2 aromatic carbocycles. The summed E-state index contributed by atoms with van der Waals surface area (Å²) >= 11 is 0. The third-order valence-electron chi connectivity index (χ3n) is 4.57. The molecule has 2 heterocycles. The van der Waals surface area contributed by atoms with E-state index in [0.717, 1.165) is 4.68 Å². The summed E-state index contributed by atoms with van der Waals surface area (Å²) in [5, 5.41) is 11.2. The SMILES string of the molecule is Cc1cc(-n2nc(CF)c(=O)[nH]c2=O)cc(C)c1Oc1n[nH]c(=O)c2ccccc12. The van der Waals surface area contributed by atoms with Crippen LogP contribution in [0.3, 0.4) is 0 Å². The number of benzene rings is 2. The van der Waals surface area contributed by atoms with Gasteiger partial charge in [0.15, 0.2) is 5.69 Å². The fourth-order valence-corrected chi connectivity index (χ4v) is 3.17. The molecule has 30 heavy (non-hydrogen) atoms. The number of ether oxygens (including phenoxy) is 1. The Labute approximate surface area is 167 Å². The number of aryl methyl sites for hydroxylation is 2. The molecule has 0 radical (unpaired) electrons. The highest BCUT2D eigenvalue weighted by molar-refractivity contribution is 5.85. The Morgan fingerprint density at radius 3 is 2.37 bits per heavy atom.